The maximum absolute atomic E-state index is 13.6. The van der Waals surface area contributed by atoms with E-state index in [9.17, 15) is 14.4 Å². The Bertz CT molecular complexity index is 1420. The standard InChI is InChI=1S/C25H23N3O4S/c1-15-9-8-12-18(26-15)21(30)20-17-13-14-19(29)28(16-10-6-5-7-11-16)23(17)33-22(20)27-24(31)32-25(2,3)4/h5-14H,1-4H3,(H,27,31). The molecule has 8 heteroatoms. The Kier molecular flexibility index (Phi) is 5.86. The molecule has 4 rings (SSSR count). The number of thiophene rings is 1. The second-order valence-electron chi connectivity index (χ2n) is 8.49. The summed E-state index contributed by atoms with van der Waals surface area (Å²) < 4.78 is 6.93. The summed E-state index contributed by atoms with van der Waals surface area (Å²) >= 11 is 1.14. The van der Waals surface area contributed by atoms with Crippen molar-refractivity contribution in [3.8, 4) is 5.69 Å². The van der Waals surface area contributed by atoms with Gasteiger partial charge in [-0.25, -0.2) is 9.78 Å². The van der Waals surface area contributed by atoms with E-state index in [1.54, 1.807) is 52.0 Å². The SMILES string of the molecule is Cc1cccc(C(=O)c2c(NC(=O)OC(C)(C)C)sc3c2ccc(=O)n3-c2ccccc2)n1. The van der Waals surface area contributed by atoms with Crippen LogP contribution >= 0.6 is 11.3 Å². The fourth-order valence-electron chi connectivity index (χ4n) is 3.41. The first kappa shape index (κ1) is 22.4. The molecule has 168 valence electrons. The largest absolute Gasteiger partial charge is 0.444 e. The number of nitrogens with one attached hydrogen (secondary N) is 1. The van der Waals surface area contributed by atoms with Gasteiger partial charge in [-0.05, 0) is 58.0 Å². The number of anilines is 1. The summed E-state index contributed by atoms with van der Waals surface area (Å²) in [5.41, 5.74) is 0.915. The van der Waals surface area contributed by atoms with Crippen molar-refractivity contribution in [2.24, 2.45) is 0 Å². The second-order valence-corrected chi connectivity index (χ2v) is 9.49. The Labute approximate surface area is 194 Å². The molecule has 33 heavy (non-hydrogen) atoms. The van der Waals surface area contributed by atoms with Crippen molar-refractivity contribution in [2.45, 2.75) is 33.3 Å². The van der Waals surface area contributed by atoms with Gasteiger partial charge in [-0.2, -0.15) is 0 Å². The Morgan fingerprint density at radius 3 is 2.39 bits per heavy atom. The van der Waals surface area contributed by atoms with Gasteiger partial charge in [-0.15, -0.1) is 0 Å². The maximum atomic E-state index is 13.6. The number of nitrogens with zero attached hydrogens (tertiary/aromatic N) is 2. The highest BCUT2D eigenvalue weighted by atomic mass is 32.1. The van der Waals surface area contributed by atoms with E-state index < -0.39 is 11.7 Å². The van der Waals surface area contributed by atoms with Crippen molar-refractivity contribution in [2.75, 3.05) is 5.32 Å². The molecule has 0 fully saturated rings. The van der Waals surface area contributed by atoms with Crippen LogP contribution in [0.5, 0.6) is 0 Å². The molecule has 4 aromatic rings. The molecule has 0 radical (unpaired) electrons. The Morgan fingerprint density at radius 1 is 1.00 bits per heavy atom. The van der Waals surface area contributed by atoms with Crippen LogP contribution in [0.25, 0.3) is 15.9 Å². The van der Waals surface area contributed by atoms with Crippen LogP contribution < -0.4 is 10.9 Å². The molecule has 0 atom stereocenters. The Balaban J connectivity index is 1.94. The molecule has 1 amide bonds. The highest BCUT2D eigenvalue weighted by Gasteiger charge is 2.26. The van der Waals surface area contributed by atoms with Gasteiger partial charge in [-0.1, -0.05) is 35.6 Å². The number of aryl methyl sites for hydroxylation is 1. The topological polar surface area (TPSA) is 90.3 Å². The molecule has 0 aliphatic carbocycles. The van der Waals surface area contributed by atoms with Crippen molar-refractivity contribution < 1.29 is 14.3 Å². The Morgan fingerprint density at radius 2 is 1.73 bits per heavy atom. The summed E-state index contributed by atoms with van der Waals surface area (Å²) in [4.78, 5) is 43.8. The number of carbonyl (C=O) groups excluding carboxylic acids is 2. The number of benzene rings is 1. The molecule has 0 saturated carbocycles. The molecule has 3 heterocycles. The third-order valence-corrected chi connectivity index (χ3v) is 5.82. The minimum atomic E-state index is -0.713. The van der Waals surface area contributed by atoms with Crippen molar-refractivity contribution in [3.05, 3.63) is 88.0 Å². The summed E-state index contributed by atoms with van der Waals surface area (Å²) in [6.07, 6.45) is -0.686. The second kappa shape index (κ2) is 8.63. The first-order chi connectivity index (χ1) is 15.6. The van der Waals surface area contributed by atoms with E-state index in [0.29, 0.717) is 26.6 Å². The number of aromatic nitrogens is 2. The van der Waals surface area contributed by atoms with Crippen LogP contribution in [0.15, 0.2) is 65.5 Å². The van der Waals surface area contributed by atoms with E-state index in [1.807, 2.05) is 30.3 Å². The third kappa shape index (κ3) is 4.70. The van der Waals surface area contributed by atoms with Gasteiger partial charge in [0.25, 0.3) is 5.56 Å². The molecule has 0 aliphatic rings. The number of carbonyl (C=O) groups is 2. The molecule has 0 bridgehead atoms. The number of rotatable bonds is 4. The molecule has 0 spiro atoms. The molecule has 7 nitrogen and oxygen atoms in total. The predicted molar refractivity (Wildman–Crippen MR) is 130 cm³/mol. The lowest BCUT2D eigenvalue weighted by atomic mass is 10.1. The van der Waals surface area contributed by atoms with Crippen LogP contribution in [0.3, 0.4) is 0 Å². The number of hydrogen-bond acceptors (Lipinski definition) is 6. The zero-order valence-electron chi connectivity index (χ0n) is 18.7. The predicted octanol–water partition coefficient (Wildman–Crippen LogP) is 5.33. The molecular formula is C25H23N3O4S. The van der Waals surface area contributed by atoms with Crippen LogP contribution in [-0.2, 0) is 4.74 Å². The van der Waals surface area contributed by atoms with Crippen molar-refractivity contribution in [1.82, 2.24) is 9.55 Å². The van der Waals surface area contributed by atoms with E-state index in [-0.39, 0.29) is 22.6 Å². The maximum Gasteiger partial charge on any atom is 0.412 e. The molecular weight excluding hydrogens is 438 g/mol. The highest BCUT2D eigenvalue weighted by Crippen LogP contribution is 2.37. The average Bonchev–Trinajstić information content (AvgIpc) is 3.09. The fraction of sp³-hybridized carbons (Fsp3) is 0.200. The molecule has 1 aromatic carbocycles. The van der Waals surface area contributed by atoms with Gasteiger partial charge < -0.3 is 4.74 Å². The Hall–Kier alpha value is -3.78. The van der Waals surface area contributed by atoms with E-state index in [1.165, 1.54) is 10.6 Å². The molecule has 3 aromatic heterocycles. The number of para-hydroxylation sites is 1. The van der Waals surface area contributed by atoms with Crippen molar-refractivity contribution in [3.63, 3.8) is 0 Å². The van der Waals surface area contributed by atoms with Crippen LogP contribution in [-0.4, -0.2) is 27.0 Å². The normalized spacial score (nSPS) is 11.4. The molecule has 0 saturated heterocycles. The van der Waals surface area contributed by atoms with Crippen LogP contribution in [0.4, 0.5) is 9.80 Å². The van der Waals surface area contributed by atoms with Crippen molar-refractivity contribution >= 4 is 38.4 Å². The van der Waals surface area contributed by atoms with Gasteiger partial charge in [0.1, 0.15) is 21.1 Å². The lowest BCUT2D eigenvalue weighted by Gasteiger charge is -2.19. The van der Waals surface area contributed by atoms with Crippen LogP contribution in [0.1, 0.15) is 42.5 Å². The summed E-state index contributed by atoms with van der Waals surface area (Å²) in [5, 5.41) is 3.55. The summed E-state index contributed by atoms with van der Waals surface area (Å²) in [5.74, 6) is -0.353. The van der Waals surface area contributed by atoms with Gasteiger partial charge >= 0.3 is 6.09 Å². The van der Waals surface area contributed by atoms with Crippen LogP contribution in [0, 0.1) is 6.92 Å². The lowest BCUT2D eigenvalue weighted by molar-refractivity contribution is 0.0636. The highest BCUT2D eigenvalue weighted by molar-refractivity contribution is 7.23. The molecule has 0 unspecified atom stereocenters. The number of ketones is 1. The number of ether oxygens (including phenoxy) is 1. The first-order valence-electron chi connectivity index (χ1n) is 10.4. The van der Waals surface area contributed by atoms with Gasteiger partial charge in [0.2, 0.25) is 5.78 Å². The quantitative estimate of drug-likeness (QED) is 0.415. The molecule has 1 N–H and O–H groups in total. The number of fused-ring (bicyclic) bond motifs is 1. The van der Waals surface area contributed by atoms with Gasteiger partial charge in [0.05, 0.1) is 11.3 Å². The summed E-state index contributed by atoms with van der Waals surface area (Å²) in [6, 6.07) is 17.3. The minimum absolute atomic E-state index is 0.244. The minimum Gasteiger partial charge on any atom is -0.444 e. The van der Waals surface area contributed by atoms with E-state index >= 15 is 0 Å². The molecule has 0 aliphatic heterocycles. The first-order valence-corrected chi connectivity index (χ1v) is 11.2. The lowest BCUT2D eigenvalue weighted by Crippen LogP contribution is -2.27. The van der Waals surface area contributed by atoms with Crippen LogP contribution in [0.2, 0.25) is 0 Å². The zero-order valence-corrected chi connectivity index (χ0v) is 19.5. The number of pyridine rings is 2. The summed E-state index contributed by atoms with van der Waals surface area (Å²) in [6.45, 7) is 7.07. The summed E-state index contributed by atoms with van der Waals surface area (Å²) in [7, 11) is 0. The monoisotopic (exact) mass is 461 g/mol. The smallest absolute Gasteiger partial charge is 0.412 e. The van der Waals surface area contributed by atoms with E-state index in [4.69, 9.17) is 4.74 Å². The van der Waals surface area contributed by atoms with Gasteiger partial charge in [0.15, 0.2) is 0 Å². The average molecular weight is 462 g/mol. The fourth-order valence-corrected chi connectivity index (χ4v) is 4.61. The zero-order chi connectivity index (χ0) is 23.8. The number of amides is 1. The van der Waals surface area contributed by atoms with Crippen molar-refractivity contribution in [1.29, 1.82) is 0 Å². The van der Waals surface area contributed by atoms with Gasteiger partial charge in [-0.3, -0.25) is 19.5 Å². The van der Waals surface area contributed by atoms with E-state index in [2.05, 4.69) is 10.3 Å². The van der Waals surface area contributed by atoms with Gasteiger partial charge in [0, 0.05) is 17.1 Å². The van der Waals surface area contributed by atoms with E-state index in [0.717, 1.165) is 11.3 Å². The third-order valence-electron chi connectivity index (χ3n) is 4.72. The number of hydrogen-bond donors (Lipinski definition) is 1.